The summed E-state index contributed by atoms with van der Waals surface area (Å²) in [6, 6.07) is 5.90. The Labute approximate surface area is 114 Å². The normalized spacial score (nSPS) is 14.4. The van der Waals surface area contributed by atoms with E-state index in [1.54, 1.807) is 6.92 Å². The molecule has 1 aromatic carbocycles. The molecule has 0 aromatic heterocycles. The van der Waals surface area contributed by atoms with Gasteiger partial charge in [-0.2, -0.15) is 0 Å². The van der Waals surface area contributed by atoms with Crippen molar-refractivity contribution in [3.63, 3.8) is 0 Å². The predicted molar refractivity (Wildman–Crippen MR) is 76.4 cm³/mol. The van der Waals surface area contributed by atoms with Crippen LogP contribution in [0.3, 0.4) is 0 Å². The van der Waals surface area contributed by atoms with Crippen LogP contribution in [0.5, 0.6) is 0 Å². The maximum absolute atomic E-state index is 12.0. The van der Waals surface area contributed by atoms with Crippen LogP contribution in [0, 0.1) is 0 Å². The summed E-state index contributed by atoms with van der Waals surface area (Å²) in [6.07, 6.45) is 4.07. The van der Waals surface area contributed by atoms with E-state index in [2.05, 4.69) is 0 Å². The molecule has 0 amide bonds. The highest BCUT2D eigenvalue weighted by molar-refractivity contribution is 7.91. The van der Waals surface area contributed by atoms with E-state index in [4.69, 9.17) is 0 Å². The van der Waals surface area contributed by atoms with E-state index in [1.165, 1.54) is 17.5 Å². The first-order chi connectivity index (χ1) is 9.02. The summed E-state index contributed by atoms with van der Waals surface area (Å²) in [7, 11) is -2.96. The molecule has 0 heterocycles. The van der Waals surface area contributed by atoms with Crippen molar-refractivity contribution in [1.29, 1.82) is 0 Å². The lowest BCUT2D eigenvalue weighted by molar-refractivity contribution is 0.0982. The van der Waals surface area contributed by atoms with Crippen molar-refractivity contribution >= 4 is 15.6 Å². The van der Waals surface area contributed by atoms with Gasteiger partial charge in [-0.15, -0.1) is 0 Å². The zero-order valence-electron chi connectivity index (χ0n) is 11.3. The van der Waals surface area contributed by atoms with E-state index in [1.807, 2.05) is 18.2 Å². The van der Waals surface area contributed by atoms with Gasteiger partial charge in [-0.1, -0.05) is 19.1 Å². The van der Waals surface area contributed by atoms with Crippen molar-refractivity contribution < 1.29 is 13.2 Å². The van der Waals surface area contributed by atoms with Crippen LogP contribution in [-0.4, -0.2) is 25.7 Å². The van der Waals surface area contributed by atoms with E-state index in [0.717, 1.165) is 18.4 Å². The molecule has 0 N–H and O–H groups in total. The summed E-state index contributed by atoms with van der Waals surface area (Å²) in [5.41, 5.74) is 3.37. The SMILES string of the molecule is CCS(=O)(=O)CCCC(=O)c1ccc2c(c1)CCC2. The van der Waals surface area contributed by atoms with Crippen molar-refractivity contribution in [2.75, 3.05) is 11.5 Å². The van der Waals surface area contributed by atoms with Gasteiger partial charge >= 0.3 is 0 Å². The topological polar surface area (TPSA) is 51.2 Å². The zero-order chi connectivity index (χ0) is 13.9. The highest BCUT2D eigenvalue weighted by Gasteiger charge is 2.14. The number of sulfone groups is 1. The first-order valence-corrected chi connectivity index (χ1v) is 8.69. The molecule has 1 aliphatic carbocycles. The highest BCUT2D eigenvalue weighted by Crippen LogP contribution is 2.23. The summed E-state index contributed by atoms with van der Waals surface area (Å²) in [5, 5.41) is 0. The molecule has 1 aliphatic rings. The third-order valence-electron chi connectivity index (χ3n) is 3.72. The molecule has 0 unspecified atom stereocenters. The molecule has 104 valence electrons. The van der Waals surface area contributed by atoms with Crippen LogP contribution in [0.15, 0.2) is 18.2 Å². The average molecular weight is 280 g/mol. The maximum atomic E-state index is 12.0. The molecule has 0 atom stereocenters. The van der Waals surface area contributed by atoms with Crippen LogP contribution in [0.1, 0.15) is 47.7 Å². The molecular weight excluding hydrogens is 260 g/mol. The smallest absolute Gasteiger partial charge is 0.162 e. The lowest BCUT2D eigenvalue weighted by atomic mass is 10.0. The number of fused-ring (bicyclic) bond motifs is 1. The Hall–Kier alpha value is -1.16. The minimum absolute atomic E-state index is 0.0565. The standard InChI is InChI=1S/C15H20O3S/c1-2-19(17,18)10-4-7-15(16)14-9-8-12-5-3-6-13(12)11-14/h8-9,11H,2-7,10H2,1H3. The summed E-state index contributed by atoms with van der Waals surface area (Å²) in [4.78, 5) is 12.0. The molecule has 0 radical (unpaired) electrons. The Morgan fingerprint density at radius 3 is 2.68 bits per heavy atom. The molecule has 0 saturated heterocycles. The molecule has 0 spiro atoms. The predicted octanol–water partition coefficient (Wildman–Crippen LogP) is 2.57. The van der Waals surface area contributed by atoms with Gasteiger partial charge in [0.1, 0.15) is 9.84 Å². The largest absolute Gasteiger partial charge is 0.294 e. The van der Waals surface area contributed by atoms with E-state index in [-0.39, 0.29) is 17.3 Å². The van der Waals surface area contributed by atoms with Gasteiger partial charge in [-0.25, -0.2) is 8.42 Å². The number of rotatable bonds is 6. The molecule has 19 heavy (non-hydrogen) atoms. The molecule has 0 saturated carbocycles. The number of carbonyl (C=O) groups is 1. The van der Waals surface area contributed by atoms with Gasteiger partial charge < -0.3 is 0 Å². The van der Waals surface area contributed by atoms with E-state index >= 15 is 0 Å². The number of hydrogen-bond donors (Lipinski definition) is 0. The van der Waals surface area contributed by atoms with Gasteiger partial charge in [0.2, 0.25) is 0 Å². The fourth-order valence-corrected chi connectivity index (χ4v) is 3.36. The van der Waals surface area contributed by atoms with Crippen LogP contribution >= 0.6 is 0 Å². The summed E-state index contributed by atoms with van der Waals surface area (Å²) >= 11 is 0. The van der Waals surface area contributed by atoms with E-state index < -0.39 is 9.84 Å². The second-order valence-corrected chi connectivity index (χ2v) is 7.57. The van der Waals surface area contributed by atoms with Crippen molar-refractivity contribution in [2.24, 2.45) is 0 Å². The molecule has 4 heteroatoms. The molecule has 1 aromatic rings. The van der Waals surface area contributed by atoms with Crippen LogP contribution in [0.4, 0.5) is 0 Å². The van der Waals surface area contributed by atoms with Gasteiger partial charge in [-0.05, 0) is 42.9 Å². The van der Waals surface area contributed by atoms with Crippen molar-refractivity contribution in [3.05, 3.63) is 34.9 Å². The number of benzene rings is 1. The number of aryl methyl sites for hydroxylation is 2. The Morgan fingerprint density at radius 2 is 1.95 bits per heavy atom. The quantitative estimate of drug-likeness (QED) is 0.753. The van der Waals surface area contributed by atoms with Crippen molar-refractivity contribution in [2.45, 2.75) is 39.0 Å². The maximum Gasteiger partial charge on any atom is 0.162 e. The van der Waals surface area contributed by atoms with Gasteiger partial charge in [0.25, 0.3) is 0 Å². The third-order valence-corrected chi connectivity index (χ3v) is 5.51. The Bertz CT molecular complexity index is 573. The Kier molecular flexibility index (Phi) is 4.40. The fraction of sp³-hybridized carbons (Fsp3) is 0.533. The average Bonchev–Trinajstić information content (AvgIpc) is 2.85. The van der Waals surface area contributed by atoms with E-state index in [9.17, 15) is 13.2 Å². The highest BCUT2D eigenvalue weighted by atomic mass is 32.2. The first kappa shape index (κ1) is 14.3. The second-order valence-electron chi connectivity index (χ2n) is 5.10. The zero-order valence-corrected chi connectivity index (χ0v) is 12.1. The summed E-state index contributed by atoms with van der Waals surface area (Å²) in [6.45, 7) is 1.64. The summed E-state index contributed by atoms with van der Waals surface area (Å²) < 4.78 is 22.7. The minimum Gasteiger partial charge on any atom is -0.294 e. The molecule has 3 nitrogen and oxygen atoms in total. The lowest BCUT2D eigenvalue weighted by Crippen LogP contribution is -2.10. The van der Waals surface area contributed by atoms with Crippen LogP contribution in [0.25, 0.3) is 0 Å². The van der Waals surface area contributed by atoms with Crippen molar-refractivity contribution in [3.8, 4) is 0 Å². The monoisotopic (exact) mass is 280 g/mol. The Morgan fingerprint density at radius 1 is 1.21 bits per heavy atom. The first-order valence-electron chi connectivity index (χ1n) is 6.87. The minimum atomic E-state index is -2.96. The number of hydrogen-bond acceptors (Lipinski definition) is 3. The number of Topliss-reactive ketones (excluding diaryl/α,β-unsaturated/α-hetero) is 1. The molecule has 0 aliphatic heterocycles. The molecule has 0 bridgehead atoms. The van der Waals surface area contributed by atoms with Crippen LogP contribution in [-0.2, 0) is 22.7 Å². The van der Waals surface area contributed by atoms with Gasteiger partial charge in [0.05, 0.1) is 5.75 Å². The molecular formula is C15H20O3S. The van der Waals surface area contributed by atoms with Gasteiger partial charge in [0.15, 0.2) is 5.78 Å². The van der Waals surface area contributed by atoms with Gasteiger partial charge in [-0.3, -0.25) is 4.79 Å². The number of carbonyl (C=O) groups excluding carboxylic acids is 1. The number of ketones is 1. The third kappa shape index (κ3) is 3.66. The van der Waals surface area contributed by atoms with Crippen LogP contribution < -0.4 is 0 Å². The van der Waals surface area contributed by atoms with Crippen LogP contribution in [0.2, 0.25) is 0 Å². The molecule has 0 fully saturated rings. The van der Waals surface area contributed by atoms with Crippen molar-refractivity contribution in [1.82, 2.24) is 0 Å². The Balaban J connectivity index is 1.94. The van der Waals surface area contributed by atoms with Gasteiger partial charge in [0, 0.05) is 17.7 Å². The molecule has 2 rings (SSSR count). The fourth-order valence-electron chi connectivity index (χ4n) is 2.49. The summed E-state index contributed by atoms with van der Waals surface area (Å²) in [5.74, 6) is 0.321. The van der Waals surface area contributed by atoms with E-state index in [0.29, 0.717) is 12.8 Å². The second kappa shape index (κ2) is 5.87. The lowest BCUT2D eigenvalue weighted by Gasteiger charge is -2.05.